The molecule has 0 unspecified atom stereocenters. The summed E-state index contributed by atoms with van der Waals surface area (Å²) < 4.78 is 1.17. The average Bonchev–Trinajstić information content (AvgIpc) is 2.62. The fraction of sp³-hybridized carbons (Fsp3) is 0.450. The van der Waals surface area contributed by atoms with E-state index in [2.05, 4.69) is 63.0 Å². The summed E-state index contributed by atoms with van der Waals surface area (Å²) in [6, 6.07) is 11.4. The highest BCUT2D eigenvalue weighted by Gasteiger charge is 2.33. The van der Waals surface area contributed by atoms with Gasteiger partial charge in [0.15, 0.2) is 0 Å². The number of anilines is 1. The molecule has 1 aromatic carbocycles. The van der Waals surface area contributed by atoms with Gasteiger partial charge in [0, 0.05) is 42.9 Å². The Morgan fingerprint density at radius 1 is 1.21 bits per heavy atom. The quantitative estimate of drug-likeness (QED) is 0.794. The van der Waals surface area contributed by atoms with E-state index < -0.39 is 0 Å². The third-order valence-corrected chi connectivity index (χ3v) is 6.08. The molecule has 4 rings (SSSR count). The molecule has 3 heterocycles. The van der Waals surface area contributed by atoms with Crippen molar-refractivity contribution in [2.45, 2.75) is 38.8 Å². The number of nitrogens with zero attached hydrogens (tertiary/aromatic N) is 3. The number of piperazine rings is 1. The fourth-order valence-electron chi connectivity index (χ4n) is 4.19. The van der Waals surface area contributed by atoms with Crippen LogP contribution in [0.2, 0.25) is 0 Å². The molecule has 0 N–H and O–H groups in total. The molecule has 1 atom stereocenters. The summed E-state index contributed by atoms with van der Waals surface area (Å²) in [4.78, 5) is 9.94. The molecule has 126 valence electrons. The van der Waals surface area contributed by atoms with Crippen LogP contribution in [-0.4, -0.2) is 35.6 Å². The number of halogens is 1. The highest BCUT2D eigenvalue weighted by molar-refractivity contribution is 9.10. The van der Waals surface area contributed by atoms with E-state index in [-0.39, 0.29) is 0 Å². The number of aromatic nitrogens is 1. The first-order valence-corrected chi connectivity index (χ1v) is 9.74. The minimum atomic E-state index is 0.605. The van der Waals surface area contributed by atoms with Crippen molar-refractivity contribution in [3.8, 4) is 0 Å². The van der Waals surface area contributed by atoms with Gasteiger partial charge in [-0.25, -0.2) is 4.98 Å². The van der Waals surface area contributed by atoms with Gasteiger partial charge in [0.2, 0.25) is 0 Å². The molecule has 0 amide bonds. The lowest BCUT2D eigenvalue weighted by Gasteiger charge is -2.45. The van der Waals surface area contributed by atoms with Crippen molar-refractivity contribution in [1.82, 2.24) is 9.88 Å². The lowest BCUT2D eigenvalue weighted by molar-refractivity contribution is 0.205. The molecule has 24 heavy (non-hydrogen) atoms. The van der Waals surface area contributed by atoms with Gasteiger partial charge < -0.3 is 4.90 Å². The van der Waals surface area contributed by atoms with Gasteiger partial charge in [-0.1, -0.05) is 37.3 Å². The molecule has 1 fully saturated rings. The van der Waals surface area contributed by atoms with Crippen LogP contribution in [0.3, 0.4) is 0 Å². The molecular weight excluding hydrogens is 362 g/mol. The van der Waals surface area contributed by atoms with Gasteiger partial charge in [-0.3, -0.25) is 4.90 Å². The summed E-state index contributed by atoms with van der Waals surface area (Å²) in [5.74, 6) is 1.24. The molecule has 2 aromatic rings. The van der Waals surface area contributed by atoms with Crippen LogP contribution in [0.5, 0.6) is 0 Å². The monoisotopic (exact) mass is 385 g/mol. The van der Waals surface area contributed by atoms with E-state index in [1.54, 1.807) is 0 Å². The van der Waals surface area contributed by atoms with Crippen molar-refractivity contribution in [2.75, 3.05) is 24.5 Å². The van der Waals surface area contributed by atoms with Gasteiger partial charge in [0.25, 0.3) is 0 Å². The normalized spacial score (nSPS) is 20.6. The number of hydrogen-bond acceptors (Lipinski definition) is 3. The maximum Gasteiger partial charge on any atom is 0.132 e. The predicted molar refractivity (Wildman–Crippen MR) is 102 cm³/mol. The standard InChI is InChI=1S/C20H24BrN3/c1-2-17-18-9-8-16-14-23(13-15-6-4-3-5-7-15)10-11-24(16)20(18)22-12-19(17)21/h3-7,12,16H,2,8-11,13-14H2,1H3/t16-/m1/s1. The topological polar surface area (TPSA) is 19.4 Å². The van der Waals surface area contributed by atoms with Crippen LogP contribution >= 0.6 is 15.9 Å². The summed E-state index contributed by atoms with van der Waals surface area (Å²) in [5, 5.41) is 0. The van der Waals surface area contributed by atoms with Gasteiger partial charge in [-0.05, 0) is 51.9 Å². The Labute approximate surface area is 152 Å². The first-order valence-electron chi connectivity index (χ1n) is 8.95. The van der Waals surface area contributed by atoms with Gasteiger partial charge in [-0.2, -0.15) is 0 Å². The Morgan fingerprint density at radius 3 is 2.83 bits per heavy atom. The van der Waals surface area contributed by atoms with Crippen LogP contribution < -0.4 is 4.90 Å². The van der Waals surface area contributed by atoms with Crippen molar-refractivity contribution < 1.29 is 0 Å². The second kappa shape index (κ2) is 6.85. The second-order valence-electron chi connectivity index (χ2n) is 6.85. The SMILES string of the molecule is CCc1c(Br)cnc2c1CC[C@@H]1CN(Cc3ccccc3)CCN21. The number of benzene rings is 1. The zero-order valence-corrected chi connectivity index (χ0v) is 15.8. The Kier molecular flexibility index (Phi) is 4.59. The zero-order valence-electron chi connectivity index (χ0n) is 14.2. The number of pyridine rings is 1. The summed E-state index contributed by atoms with van der Waals surface area (Å²) >= 11 is 3.68. The van der Waals surface area contributed by atoms with Crippen LogP contribution in [0.1, 0.15) is 30.0 Å². The molecule has 0 bridgehead atoms. The van der Waals surface area contributed by atoms with Crippen molar-refractivity contribution in [1.29, 1.82) is 0 Å². The predicted octanol–water partition coefficient (Wildman–Crippen LogP) is 4.04. The minimum absolute atomic E-state index is 0.605. The molecule has 0 spiro atoms. The zero-order chi connectivity index (χ0) is 16.5. The molecule has 0 saturated carbocycles. The second-order valence-corrected chi connectivity index (χ2v) is 7.70. The molecular formula is C20H24BrN3. The van der Waals surface area contributed by atoms with E-state index in [1.165, 1.54) is 33.4 Å². The highest BCUT2D eigenvalue weighted by atomic mass is 79.9. The summed E-state index contributed by atoms with van der Waals surface area (Å²) in [6.45, 7) is 6.65. The van der Waals surface area contributed by atoms with E-state index >= 15 is 0 Å². The molecule has 2 aliphatic heterocycles. The Hall–Kier alpha value is -1.39. The third-order valence-electron chi connectivity index (χ3n) is 5.39. The van der Waals surface area contributed by atoms with Crippen LogP contribution in [-0.2, 0) is 19.4 Å². The van der Waals surface area contributed by atoms with Crippen LogP contribution in [0.4, 0.5) is 5.82 Å². The third kappa shape index (κ3) is 2.98. The van der Waals surface area contributed by atoms with E-state index in [1.807, 2.05) is 6.20 Å². The first kappa shape index (κ1) is 16.1. The van der Waals surface area contributed by atoms with Gasteiger partial charge in [-0.15, -0.1) is 0 Å². The van der Waals surface area contributed by atoms with E-state index in [4.69, 9.17) is 4.98 Å². The van der Waals surface area contributed by atoms with Gasteiger partial charge in [0.05, 0.1) is 0 Å². The van der Waals surface area contributed by atoms with Crippen molar-refractivity contribution in [3.05, 3.63) is 57.7 Å². The van der Waals surface area contributed by atoms with E-state index in [0.717, 1.165) is 39.0 Å². The number of hydrogen-bond donors (Lipinski definition) is 0. The lowest BCUT2D eigenvalue weighted by atomic mass is 9.92. The molecule has 2 aliphatic rings. The summed E-state index contributed by atoms with van der Waals surface area (Å²) in [5.41, 5.74) is 4.34. The lowest BCUT2D eigenvalue weighted by Crippen LogP contribution is -2.55. The van der Waals surface area contributed by atoms with E-state index in [9.17, 15) is 0 Å². The summed E-state index contributed by atoms with van der Waals surface area (Å²) in [6.07, 6.45) is 5.47. The summed E-state index contributed by atoms with van der Waals surface area (Å²) in [7, 11) is 0. The number of fused-ring (bicyclic) bond motifs is 3. The van der Waals surface area contributed by atoms with Crippen molar-refractivity contribution in [2.24, 2.45) is 0 Å². The van der Waals surface area contributed by atoms with Gasteiger partial charge in [0.1, 0.15) is 5.82 Å². The molecule has 0 radical (unpaired) electrons. The molecule has 0 aliphatic carbocycles. The molecule has 3 nitrogen and oxygen atoms in total. The molecule has 1 aromatic heterocycles. The minimum Gasteiger partial charge on any atom is -0.351 e. The molecule has 4 heteroatoms. The highest BCUT2D eigenvalue weighted by Crippen LogP contribution is 2.36. The van der Waals surface area contributed by atoms with Crippen molar-refractivity contribution >= 4 is 21.7 Å². The smallest absolute Gasteiger partial charge is 0.132 e. The van der Waals surface area contributed by atoms with Crippen LogP contribution in [0, 0.1) is 0 Å². The van der Waals surface area contributed by atoms with Gasteiger partial charge >= 0.3 is 0 Å². The molecule has 1 saturated heterocycles. The maximum absolute atomic E-state index is 4.78. The fourth-order valence-corrected chi connectivity index (χ4v) is 4.81. The Morgan fingerprint density at radius 2 is 2.04 bits per heavy atom. The Balaban J connectivity index is 1.52. The first-order chi connectivity index (χ1) is 11.8. The maximum atomic E-state index is 4.78. The van der Waals surface area contributed by atoms with Crippen LogP contribution in [0.15, 0.2) is 41.0 Å². The number of rotatable bonds is 3. The van der Waals surface area contributed by atoms with E-state index in [0.29, 0.717) is 6.04 Å². The Bertz CT molecular complexity index is 716. The van der Waals surface area contributed by atoms with Crippen molar-refractivity contribution in [3.63, 3.8) is 0 Å². The largest absolute Gasteiger partial charge is 0.351 e. The van der Waals surface area contributed by atoms with Crippen LogP contribution in [0.25, 0.3) is 0 Å². The average molecular weight is 386 g/mol.